The number of carbonyl (C=O) groups excluding carboxylic acids is 1. The molecule has 0 aliphatic carbocycles. The molecular formula is C19H17FN2OS. The second-order valence-electron chi connectivity index (χ2n) is 5.78. The van der Waals surface area contributed by atoms with Crippen LogP contribution >= 0.6 is 11.3 Å². The zero-order valence-corrected chi connectivity index (χ0v) is 14.2. The van der Waals surface area contributed by atoms with Gasteiger partial charge in [-0.2, -0.15) is 0 Å². The number of hydrogen-bond acceptors (Lipinski definition) is 3. The maximum absolute atomic E-state index is 13.0. The number of amides is 1. The van der Waals surface area contributed by atoms with E-state index in [1.54, 1.807) is 12.1 Å². The van der Waals surface area contributed by atoms with Gasteiger partial charge in [-0.25, -0.2) is 9.37 Å². The van der Waals surface area contributed by atoms with Crippen LogP contribution in [-0.4, -0.2) is 10.9 Å². The number of benzene rings is 2. The average molecular weight is 340 g/mol. The summed E-state index contributed by atoms with van der Waals surface area (Å²) in [6.07, 6.45) is 0. The van der Waals surface area contributed by atoms with Gasteiger partial charge in [-0.3, -0.25) is 10.1 Å². The van der Waals surface area contributed by atoms with Crippen LogP contribution in [0.2, 0.25) is 0 Å². The Kier molecular flexibility index (Phi) is 4.71. The van der Waals surface area contributed by atoms with Gasteiger partial charge < -0.3 is 0 Å². The largest absolute Gasteiger partial charge is 0.298 e. The van der Waals surface area contributed by atoms with Gasteiger partial charge in [-0.15, -0.1) is 11.3 Å². The van der Waals surface area contributed by atoms with Crippen LogP contribution in [0.1, 0.15) is 35.7 Å². The van der Waals surface area contributed by atoms with E-state index >= 15 is 0 Å². The third-order valence-corrected chi connectivity index (χ3v) is 4.46. The van der Waals surface area contributed by atoms with E-state index in [1.807, 2.05) is 29.6 Å². The van der Waals surface area contributed by atoms with Gasteiger partial charge in [-0.1, -0.05) is 26.0 Å². The Morgan fingerprint density at radius 1 is 1.08 bits per heavy atom. The van der Waals surface area contributed by atoms with Crippen LogP contribution in [0.25, 0.3) is 11.3 Å². The standard InChI is InChI=1S/C19H17FN2OS/c1-12(2)13-3-5-15(6-4-13)18(23)22-19-21-17(11-24-19)14-7-9-16(20)10-8-14/h3-12H,1-2H3,(H,21,22,23). The lowest BCUT2D eigenvalue weighted by Crippen LogP contribution is -2.11. The monoisotopic (exact) mass is 340 g/mol. The minimum atomic E-state index is -0.285. The summed E-state index contributed by atoms with van der Waals surface area (Å²) in [5, 5.41) is 5.16. The number of rotatable bonds is 4. The molecule has 0 saturated carbocycles. The first-order chi connectivity index (χ1) is 11.5. The topological polar surface area (TPSA) is 42.0 Å². The molecule has 1 aromatic heterocycles. The molecule has 0 fully saturated rings. The van der Waals surface area contributed by atoms with E-state index in [4.69, 9.17) is 0 Å². The molecule has 0 saturated heterocycles. The predicted octanol–water partition coefficient (Wildman–Crippen LogP) is 5.32. The smallest absolute Gasteiger partial charge is 0.257 e. The number of carbonyl (C=O) groups is 1. The summed E-state index contributed by atoms with van der Waals surface area (Å²) in [6.45, 7) is 4.23. The Hall–Kier alpha value is -2.53. The summed E-state index contributed by atoms with van der Waals surface area (Å²) in [7, 11) is 0. The molecule has 3 nitrogen and oxygen atoms in total. The second kappa shape index (κ2) is 6.93. The van der Waals surface area contributed by atoms with Crippen LogP contribution in [0.3, 0.4) is 0 Å². The summed E-state index contributed by atoms with van der Waals surface area (Å²) in [5.41, 5.74) is 3.32. The maximum Gasteiger partial charge on any atom is 0.257 e. The lowest BCUT2D eigenvalue weighted by molar-refractivity contribution is 0.102. The van der Waals surface area contributed by atoms with Crippen LogP contribution in [0.5, 0.6) is 0 Å². The van der Waals surface area contributed by atoms with Crippen molar-refractivity contribution in [2.45, 2.75) is 19.8 Å². The zero-order chi connectivity index (χ0) is 17.1. The van der Waals surface area contributed by atoms with Gasteiger partial charge >= 0.3 is 0 Å². The summed E-state index contributed by atoms with van der Waals surface area (Å²) >= 11 is 1.34. The third kappa shape index (κ3) is 3.68. The Balaban J connectivity index is 1.72. The molecule has 1 amide bonds. The molecule has 5 heteroatoms. The lowest BCUT2D eigenvalue weighted by Gasteiger charge is -2.06. The summed E-state index contributed by atoms with van der Waals surface area (Å²) in [5.74, 6) is -0.0444. The highest BCUT2D eigenvalue weighted by molar-refractivity contribution is 7.14. The van der Waals surface area contributed by atoms with Crippen LogP contribution < -0.4 is 5.32 Å². The second-order valence-corrected chi connectivity index (χ2v) is 6.63. The molecule has 0 atom stereocenters. The van der Waals surface area contributed by atoms with E-state index in [0.717, 1.165) is 5.56 Å². The van der Waals surface area contributed by atoms with E-state index in [1.165, 1.54) is 29.0 Å². The van der Waals surface area contributed by atoms with Crippen LogP contribution in [-0.2, 0) is 0 Å². The van der Waals surface area contributed by atoms with Crippen molar-refractivity contribution in [2.24, 2.45) is 0 Å². The fourth-order valence-corrected chi connectivity index (χ4v) is 2.99. The Bertz CT molecular complexity index is 839. The fraction of sp³-hybridized carbons (Fsp3) is 0.158. The molecule has 1 N–H and O–H groups in total. The highest BCUT2D eigenvalue weighted by atomic mass is 32.1. The average Bonchev–Trinajstić information content (AvgIpc) is 3.04. The molecule has 2 aromatic carbocycles. The van der Waals surface area contributed by atoms with Gasteiger partial charge in [-0.05, 0) is 47.9 Å². The molecule has 0 aliphatic heterocycles. The van der Waals surface area contributed by atoms with Crippen molar-refractivity contribution in [3.63, 3.8) is 0 Å². The van der Waals surface area contributed by atoms with E-state index in [9.17, 15) is 9.18 Å². The molecule has 3 rings (SSSR count). The van der Waals surface area contributed by atoms with Crippen molar-refractivity contribution < 1.29 is 9.18 Å². The van der Waals surface area contributed by atoms with Gasteiger partial charge in [0.2, 0.25) is 0 Å². The first kappa shape index (κ1) is 16.3. The molecule has 122 valence electrons. The quantitative estimate of drug-likeness (QED) is 0.698. The number of halogens is 1. The molecule has 24 heavy (non-hydrogen) atoms. The molecule has 0 bridgehead atoms. The first-order valence-corrected chi connectivity index (χ1v) is 8.53. The number of anilines is 1. The SMILES string of the molecule is CC(C)c1ccc(C(=O)Nc2nc(-c3ccc(F)cc3)cs2)cc1. The minimum absolute atomic E-state index is 0.190. The Morgan fingerprint density at radius 3 is 2.38 bits per heavy atom. The van der Waals surface area contributed by atoms with Crippen molar-refractivity contribution in [2.75, 3.05) is 5.32 Å². The number of thiazole rings is 1. The zero-order valence-electron chi connectivity index (χ0n) is 13.4. The van der Waals surface area contributed by atoms with E-state index in [2.05, 4.69) is 24.1 Å². The molecule has 1 heterocycles. The first-order valence-electron chi connectivity index (χ1n) is 7.65. The Morgan fingerprint density at radius 2 is 1.75 bits per heavy atom. The van der Waals surface area contributed by atoms with Gasteiger partial charge in [0, 0.05) is 16.5 Å². The number of hydrogen-bond donors (Lipinski definition) is 1. The molecule has 0 spiro atoms. The lowest BCUT2D eigenvalue weighted by atomic mass is 10.0. The van der Waals surface area contributed by atoms with Gasteiger partial charge in [0.1, 0.15) is 5.82 Å². The van der Waals surface area contributed by atoms with Crippen molar-refractivity contribution >= 4 is 22.4 Å². The summed E-state index contributed by atoms with van der Waals surface area (Å²) < 4.78 is 13.0. The van der Waals surface area contributed by atoms with Gasteiger partial charge in [0.25, 0.3) is 5.91 Å². The van der Waals surface area contributed by atoms with Crippen LogP contribution in [0.4, 0.5) is 9.52 Å². The molecule has 0 radical (unpaired) electrons. The molecule has 3 aromatic rings. The van der Waals surface area contributed by atoms with Crippen LogP contribution in [0.15, 0.2) is 53.9 Å². The van der Waals surface area contributed by atoms with E-state index in [0.29, 0.717) is 22.3 Å². The normalized spacial score (nSPS) is 10.8. The number of nitrogens with zero attached hydrogens (tertiary/aromatic N) is 1. The van der Waals surface area contributed by atoms with Crippen molar-refractivity contribution in [1.29, 1.82) is 0 Å². The van der Waals surface area contributed by atoms with Gasteiger partial charge in [0.15, 0.2) is 5.13 Å². The number of aromatic nitrogens is 1. The minimum Gasteiger partial charge on any atom is -0.298 e. The van der Waals surface area contributed by atoms with Crippen molar-refractivity contribution in [1.82, 2.24) is 4.98 Å². The maximum atomic E-state index is 13.0. The molecule has 0 aliphatic rings. The highest BCUT2D eigenvalue weighted by Crippen LogP contribution is 2.25. The van der Waals surface area contributed by atoms with Crippen molar-refractivity contribution in [3.8, 4) is 11.3 Å². The van der Waals surface area contributed by atoms with E-state index < -0.39 is 0 Å². The number of nitrogens with one attached hydrogen (secondary N) is 1. The summed E-state index contributed by atoms with van der Waals surface area (Å²) in [6, 6.07) is 13.7. The Labute approximate surface area is 144 Å². The van der Waals surface area contributed by atoms with Crippen molar-refractivity contribution in [3.05, 3.63) is 70.9 Å². The third-order valence-electron chi connectivity index (χ3n) is 3.70. The summed E-state index contributed by atoms with van der Waals surface area (Å²) in [4.78, 5) is 16.7. The molecule has 0 unspecified atom stereocenters. The molecular weight excluding hydrogens is 323 g/mol. The van der Waals surface area contributed by atoms with Crippen LogP contribution in [0, 0.1) is 5.82 Å². The predicted molar refractivity (Wildman–Crippen MR) is 96.0 cm³/mol. The highest BCUT2D eigenvalue weighted by Gasteiger charge is 2.10. The fourth-order valence-electron chi connectivity index (χ4n) is 2.27. The van der Waals surface area contributed by atoms with E-state index in [-0.39, 0.29) is 11.7 Å². The van der Waals surface area contributed by atoms with Gasteiger partial charge in [0.05, 0.1) is 5.69 Å².